The van der Waals surface area contributed by atoms with Crippen LogP contribution in [0.25, 0.3) is 0 Å². The van der Waals surface area contributed by atoms with E-state index < -0.39 is 38.6 Å². The molecule has 2 aromatic rings. The minimum Gasteiger partial charge on any atom is -0.334 e. The molecule has 8 nitrogen and oxygen atoms in total. The predicted molar refractivity (Wildman–Crippen MR) is 101 cm³/mol. The van der Waals surface area contributed by atoms with E-state index in [4.69, 9.17) is 5.26 Å². The molecule has 0 amide bonds. The second-order valence-electron chi connectivity index (χ2n) is 5.80. The van der Waals surface area contributed by atoms with Crippen LogP contribution in [0, 0.1) is 31.6 Å². The molecule has 29 heavy (non-hydrogen) atoms. The number of nitro groups is 2. The van der Waals surface area contributed by atoms with Crippen LogP contribution in [0.2, 0.25) is 0 Å². The lowest BCUT2D eigenvalue weighted by Crippen LogP contribution is -2.24. The Bertz CT molecular complexity index is 1020. The number of non-ortho nitro benzene ring substituents is 1. The maximum Gasteiger partial charge on any atom is 0.418 e. The molecule has 0 bridgehead atoms. The van der Waals surface area contributed by atoms with Gasteiger partial charge in [0.1, 0.15) is 5.69 Å². The average Bonchev–Trinajstić information content (AvgIpc) is 2.64. The summed E-state index contributed by atoms with van der Waals surface area (Å²) >= 11 is 3.18. The van der Waals surface area contributed by atoms with E-state index in [1.807, 2.05) is 6.07 Å². The van der Waals surface area contributed by atoms with Crippen molar-refractivity contribution >= 4 is 38.7 Å². The van der Waals surface area contributed by atoms with E-state index in [2.05, 4.69) is 15.9 Å². The van der Waals surface area contributed by atoms with Gasteiger partial charge in [0.25, 0.3) is 11.4 Å². The van der Waals surface area contributed by atoms with E-state index in [1.54, 1.807) is 6.92 Å². The molecule has 0 unspecified atom stereocenters. The molecule has 0 saturated heterocycles. The van der Waals surface area contributed by atoms with Crippen LogP contribution in [0.4, 0.5) is 35.9 Å². The lowest BCUT2D eigenvalue weighted by atomic mass is 10.1. The van der Waals surface area contributed by atoms with Gasteiger partial charge >= 0.3 is 6.18 Å². The zero-order valence-electron chi connectivity index (χ0n) is 14.7. The number of rotatable bonds is 6. The molecule has 0 fully saturated rings. The van der Waals surface area contributed by atoms with Crippen LogP contribution >= 0.6 is 15.9 Å². The van der Waals surface area contributed by atoms with Crippen LogP contribution in [0.1, 0.15) is 24.5 Å². The zero-order valence-corrected chi connectivity index (χ0v) is 16.3. The first-order chi connectivity index (χ1) is 13.5. The summed E-state index contributed by atoms with van der Waals surface area (Å²) in [5.74, 6) is 0. The summed E-state index contributed by atoms with van der Waals surface area (Å²) in [4.78, 5) is 21.4. The summed E-state index contributed by atoms with van der Waals surface area (Å²) in [6, 6.07) is 6.73. The van der Waals surface area contributed by atoms with Gasteiger partial charge in [-0.25, -0.2) is 0 Å². The highest BCUT2D eigenvalue weighted by Crippen LogP contribution is 2.47. The molecule has 0 saturated carbocycles. The number of hydrogen-bond acceptors (Lipinski definition) is 6. The molecule has 2 rings (SSSR count). The van der Waals surface area contributed by atoms with E-state index in [0.29, 0.717) is 12.5 Å². The maximum absolute atomic E-state index is 13.7. The van der Waals surface area contributed by atoms with E-state index in [-0.39, 0.29) is 28.3 Å². The van der Waals surface area contributed by atoms with Crippen LogP contribution in [-0.4, -0.2) is 16.4 Å². The molecule has 0 aliphatic rings. The fraction of sp³-hybridized carbons (Fsp3) is 0.235. The van der Waals surface area contributed by atoms with Gasteiger partial charge in [-0.05, 0) is 40.5 Å². The van der Waals surface area contributed by atoms with Gasteiger partial charge in [0.05, 0.1) is 38.8 Å². The Kier molecular flexibility index (Phi) is 6.43. The SMILES string of the molecule is CCCN(c1ccc(C#N)cc1Br)c1c([N+](=O)[O-])cc([N+](=O)[O-])cc1C(F)(F)F. The molecule has 0 heterocycles. The molecule has 0 atom stereocenters. The smallest absolute Gasteiger partial charge is 0.334 e. The van der Waals surface area contributed by atoms with Crippen LogP contribution in [-0.2, 0) is 6.18 Å². The van der Waals surface area contributed by atoms with Crippen molar-refractivity contribution in [3.05, 3.63) is 66.2 Å². The van der Waals surface area contributed by atoms with E-state index in [0.717, 1.165) is 4.90 Å². The number of nitrogens with zero attached hydrogens (tertiary/aromatic N) is 4. The van der Waals surface area contributed by atoms with Crippen molar-refractivity contribution in [3.63, 3.8) is 0 Å². The summed E-state index contributed by atoms with van der Waals surface area (Å²) in [7, 11) is 0. The molecule has 0 aliphatic heterocycles. The number of halogens is 4. The number of nitro benzene ring substituents is 2. The monoisotopic (exact) mass is 472 g/mol. The summed E-state index contributed by atoms with van der Waals surface area (Å²) < 4.78 is 41.5. The Labute approximate surface area is 170 Å². The Morgan fingerprint density at radius 1 is 1.17 bits per heavy atom. The van der Waals surface area contributed by atoms with Gasteiger partial charge in [-0.15, -0.1) is 0 Å². The van der Waals surface area contributed by atoms with Gasteiger partial charge in [0.2, 0.25) is 0 Å². The quantitative estimate of drug-likeness (QED) is 0.393. The first-order valence-corrected chi connectivity index (χ1v) is 8.81. The predicted octanol–water partition coefficient (Wildman–Crippen LogP) is 5.70. The number of anilines is 2. The van der Waals surface area contributed by atoms with Gasteiger partial charge in [-0.1, -0.05) is 6.92 Å². The highest BCUT2D eigenvalue weighted by atomic mass is 79.9. The van der Waals surface area contributed by atoms with Crippen molar-refractivity contribution < 1.29 is 23.0 Å². The highest BCUT2D eigenvalue weighted by Gasteiger charge is 2.41. The molecule has 0 radical (unpaired) electrons. The molecule has 0 spiro atoms. The first-order valence-electron chi connectivity index (χ1n) is 8.02. The minimum absolute atomic E-state index is 0.0494. The third-order valence-electron chi connectivity index (χ3n) is 3.87. The van der Waals surface area contributed by atoms with E-state index in [9.17, 15) is 33.4 Å². The summed E-state index contributed by atoms with van der Waals surface area (Å²) in [6.07, 6.45) is -4.77. The molecular formula is C17H12BrF3N4O4. The molecule has 0 aliphatic carbocycles. The van der Waals surface area contributed by atoms with Gasteiger partial charge in [-0.2, -0.15) is 18.4 Å². The third-order valence-corrected chi connectivity index (χ3v) is 4.51. The molecule has 0 N–H and O–H groups in total. The topological polar surface area (TPSA) is 113 Å². The minimum atomic E-state index is -5.09. The standard InChI is InChI=1S/C17H12BrF3N4O4/c1-2-5-23(14-4-3-10(9-22)6-13(14)18)16-12(17(19,20)21)7-11(24(26)27)8-15(16)25(28)29/h3-4,6-8H,2,5H2,1H3. The molecule has 2 aromatic carbocycles. The van der Waals surface area contributed by atoms with Crippen molar-refractivity contribution in [1.82, 2.24) is 0 Å². The van der Waals surface area contributed by atoms with Crippen LogP contribution < -0.4 is 4.90 Å². The number of alkyl halides is 3. The van der Waals surface area contributed by atoms with Crippen molar-refractivity contribution in [2.45, 2.75) is 19.5 Å². The summed E-state index contributed by atoms with van der Waals surface area (Å²) in [5, 5.41) is 31.5. The lowest BCUT2D eigenvalue weighted by molar-refractivity contribution is -0.394. The van der Waals surface area contributed by atoms with Crippen molar-refractivity contribution in [2.75, 3.05) is 11.4 Å². The maximum atomic E-state index is 13.7. The molecule has 0 aromatic heterocycles. The highest BCUT2D eigenvalue weighted by molar-refractivity contribution is 9.10. The second-order valence-corrected chi connectivity index (χ2v) is 6.66. The lowest BCUT2D eigenvalue weighted by Gasteiger charge is -2.28. The Balaban J connectivity index is 2.91. The van der Waals surface area contributed by atoms with Gasteiger partial charge < -0.3 is 4.90 Å². The fourth-order valence-electron chi connectivity index (χ4n) is 2.72. The van der Waals surface area contributed by atoms with Crippen LogP contribution in [0.15, 0.2) is 34.8 Å². The summed E-state index contributed by atoms with van der Waals surface area (Å²) in [6.45, 7) is 1.61. The first kappa shape index (κ1) is 22.1. The number of benzene rings is 2. The number of nitriles is 1. The van der Waals surface area contributed by atoms with Gasteiger partial charge in [-0.3, -0.25) is 20.2 Å². The average molecular weight is 473 g/mol. The molecule has 12 heteroatoms. The summed E-state index contributed by atoms with van der Waals surface area (Å²) in [5.41, 5.74) is -4.01. The molecular weight excluding hydrogens is 461 g/mol. The van der Waals surface area contributed by atoms with Gasteiger partial charge in [0.15, 0.2) is 0 Å². The fourth-order valence-corrected chi connectivity index (χ4v) is 3.31. The normalized spacial score (nSPS) is 11.0. The zero-order chi connectivity index (χ0) is 21.9. The number of hydrogen-bond donors (Lipinski definition) is 0. The van der Waals surface area contributed by atoms with Crippen LogP contribution in [0.3, 0.4) is 0 Å². The van der Waals surface area contributed by atoms with Gasteiger partial charge in [0, 0.05) is 17.1 Å². The second kappa shape index (κ2) is 8.44. The Morgan fingerprint density at radius 3 is 2.28 bits per heavy atom. The largest absolute Gasteiger partial charge is 0.418 e. The molecule has 152 valence electrons. The third kappa shape index (κ3) is 4.62. The Hall–Kier alpha value is -3.20. The van der Waals surface area contributed by atoms with E-state index >= 15 is 0 Å². The van der Waals surface area contributed by atoms with Crippen molar-refractivity contribution in [1.29, 1.82) is 5.26 Å². The Morgan fingerprint density at radius 2 is 1.83 bits per heavy atom. The van der Waals surface area contributed by atoms with E-state index in [1.165, 1.54) is 18.2 Å². The van der Waals surface area contributed by atoms with Crippen molar-refractivity contribution in [3.8, 4) is 6.07 Å². The van der Waals surface area contributed by atoms with Crippen LogP contribution in [0.5, 0.6) is 0 Å². The van der Waals surface area contributed by atoms with Crippen molar-refractivity contribution in [2.24, 2.45) is 0 Å².